The molecule has 2 rings (SSSR count). The van der Waals surface area contributed by atoms with Crippen LogP contribution >= 0.6 is 0 Å². The molecule has 16 heavy (non-hydrogen) atoms. The van der Waals surface area contributed by atoms with Crippen LogP contribution in [-0.4, -0.2) is 19.2 Å². The molecule has 92 valence electrons. The quantitative estimate of drug-likeness (QED) is 0.790. The SMILES string of the molecule is CCNC(C1=COCCC1)C1(C)CCCC1. The van der Waals surface area contributed by atoms with E-state index in [1.54, 1.807) is 0 Å². The molecule has 1 unspecified atom stereocenters. The average Bonchev–Trinajstić information content (AvgIpc) is 2.75. The van der Waals surface area contributed by atoms with Crippen molar-refractivity contribution in [1.29, 1.82) is 0 Å². The minimum Gasteiger partial charge on any atom is -0.501 e. The molecule has 0 saturated heterocycles. The molecular formula is C14H25NO. The van der Waals surface area contributed by atoms with Gasteiger partial charge < -0.3 is 10.1 Å². The summed E-state index contributed by atoms with van der Waals surface area (Å²) in [5.41, 5.74) is 1.96. The Morgan fingerprint density at radius 3 is 2.69 bits per heavy atom. The first-order valence-electron chi connectivity index (χ1n) is 6.80. The lowest BCUT2D eigenvalue weighted by atomic mass is 9.76. The van der Waals surface area contributed by atoms with Crippen LogP contribution < -0.4 is 5.32 Å². The minimum absolute atomic E-state index is 0.461. The average molecular weight is 223 g/mol. The number of hydrogen-bond acceptors (Lipinski definition) is 2. The predicted molar refractivity (Wildman–Crippen MR) is 67.3 cm³/mol. The van der Waals surface area contributed by atoms with E-state index in [1.807, 2.05) is 6.26 Å². The van der Waals surface area contributed by atoms with Crippen molar-refractivity contribution in [3.63, 3.8) is 0 Å². The van der Waals surface area contributed by atoms with Gasteiger partial charge in [0.25, 0.3) is 0 Å². The Hall–Kier alpha value is -0.500. The number of likely N-dealkylation sites (N-methyl/N-ethyl adjacent to an activating group) is 1. The lowest BCUT2D eigenvalue weighted by Gasteiger charge is -2.37. The van der Waals surface area contributed by atoms with Gasteiger partial charge in [-0.1, -0.05) is 26.7 Å². The van der Waals surface area contributed by atoms with Crippen molar-refractivity contribution in [3.05, 3.63) is 11.8 Å². The van der Waals surface area contributed by atoms with Crippen molar-refractivity contribution in [2.45, 2.75) is 58.4 Å². The van der Waals surface area contributed by atoms with Gasteiger partial charge in [-0.3, -0.25) is 0 Å². The number of ether oxygens (including phenoxy) is 1. The van der Waals surface area contributed by atoms with E-state index in [-0.39, 0.29) is 0 Å². The van der Waals surface area contributed by atoms with Crippen molar-refractivity contribution >= 4 is 0 Å². The van der Waals surface area contributed by atoms with Crippen molar-refractivity contribution < 1.29 is 4.74 Å². The van der Waals surface area contributed by atoms with E-state index in [1.165, 1.54) is 44.1 Å². The summed E-state index contributed by atoms with van der Waals surface area (Å²) in [6, 6.07) is 0.542. The molecule has 0 aromatic heterocycles. The van der Waals surface area contributed by atoms with Crippen LogP contribution in [0.4, 0.5) is 0 Å². The van der Waals surface area contributed by atoms with Gasteiger partial charge in [-0.2, -0.15) is 0 Å². The molecular weight excluding hydrogens is 198 g/mol. The van der Waals surface area contributed by atoms with Crippen molar-refractivity contribution in [2.24, 2.45) is 5.41 Å². The minimum atomic E-state index is 0.461. The first-order chi connectivity index (χ1) is 7.76. The Labute approximate surface area is 99.4 Å². The maximum absolute atomic E-state index is 5.51. The summed E-state index contributed by atoms with van der Waals surface area (Å²) in [7, 11) is 0. The summed E-state index contributed by atoms with van der Waals surface area (Å²) >= 11 is 0. The molecule has 0 aromatic carbocycles. The van der Waals surface area contributed by atoms with Crippen LogP contribution in [0.25, 0.3) is 0 Å². The van der Waals surface area contributed by atoms with Gasteiger partial charge in [0, 0.05) is 6.04 Å². The molecule has 1 fully saturated rings. The van der Waals surface area contributed by atoms with Gasteiger partial charge in [-0.05, 0) is 43.2 Å². The lowest BCUT2D eigenvalue weighted by molar-refractivity contribution is 0.193. The third-order valence-electron chi connectivity index (χ3n) is 4.18. The summed E-state index contributed by atoms with van der Waals surface area (Å²) in [6.45, 7) is 6.61. The highest BCUT2D eigenvalue weighted by Crippen LogP contribution is 2.43. The number of hydrogen-bond donors (Lipinski definition) is 1. The first-order valence-corrected chi connectivity index (χ1v) is 6.80. The normalized spacial score (nSPS) is 26.0. The molecule has 0 radical (unpaired) electrons. The van der Waals surface area contributed by atoms with Crippen LogP contribution in [0.3, 0.4) is 0 Å². The fourth-order valence-electron chi connectivity index (χ4n) is 3.30. The maximum Gasteiger partial charge on any atom is 0.0876 e. The van der Waals surface area contributed by atoms with Crippen LogP contribution in [-0.2, 0) is 4.74 Å². The van der Waals surface area contributed by atoms with E-state index in [2.05, 4.69) is 19.2 Å². The molecule has 2 heteroatoms. The van der Waals surface area contributed by atoms with Gasteiger partial charge in [-0.15, -0.1) is 0 Å². The van der Waals surface area contributed by atoms with Crippen LogP contribution in [0.15, 0.2) is 11.8 Å². The third kappa shape index (κ3) is 2.42. The fraction of sp³-hybridized carbons (Fsp3) is 0.857. The van der Waals surface area contributed by atoms with Gasteiger partial charge in [-0.25, -0.2) is 0 Å². The Bertz CT molecular complexity index is 253. The standard InChI is InChI=1S/C14H25NO/c1-3-15-13(12-7-6-10-16-11-12)14(2)8-4-5-9-14/h11,13,15H,3-10H2,1-2H3. The Balaban J connectivity index is 2.12. The second-order valence-corrected chi connectivity index (χ2v) is 5.52. The third-order valence-corrected chi connectivity index (χ3v) is 4.18. The highest BCUT2D eigenvalue weighted by atomic mass is 16.5. The Kier molecular flexibility index (Phi) is 3.91. The molecule has 0 aromatic rings. The van der Waals surface area contributed by atoms with Crippen molar-refractivity contribution in [1.82, 2.24) is 5.32 Å². The van der Waals surface area contributed by atoms with E-state index >= 15 is 0 Å². The molecule has 1 aliphatic heterocycles. The van der Waals surface area contributed by atoms with Gasteiger partial charge in [0.05, 0.1) is 12.9 Å². The van der Waals surface area contributed by atoms with E-state index in [4.69, 9.17) is 4.74 Å². The highest BCUT2D eigenvalue weighted by Gasteiger charge is 2.38. The highest BCUT2D eigenvalue weighted by molar-refractivity contribution is 5.16. The summed E-state index contributed by atoms with van der Waals surface area (Å²) < 4.78 is 5.51. The number of nitrogens with one attached hydrogen (secondary N) is 1. The molecule has 1 aliphatic carbocycles. The molecule has 1 heterocycles. The zero-order valence-corrected chi connectivity index (χ0v) is 10.7. The van der Waals surface area contributed by atoms with Gasteiger partial charge in [0.15, 0.2) is 0 Å². The number of rotatable bonds is 4. The van der Waals surface area contributed by atoms with E-state index < -0.39 is 0 Å². The molecule has 0 spiro atoms. The lowest BCUT2D eigenvalue weighted by Crippen LogP contribution is -2.44. The molecule has 2 nitrogen and oxygen atoms in total. The van der Waals surface area contributed by atoms with Crippen molar-refractivity contribution in [3.8, 4) is 0 Å². The fourth-order valence-corrected chi connectivity index (χ4v) is 3.30. The van der Waals surface area contributed by atoms with Gasteiger partial charge >= 0.3 is 0 Å². The Morgan fingerprint density at radius 2 is 2.12 bits per heavy atom. The van der Waals surface area contributed by atoms with Crippen molar-refractivity contribution in [2.75, 3.05) is 13.2 Å². The van der Waals surface area contributed by atoms with E-state index in [0.29, 0.717) is 11.5 Å². The van der Waals surface area contributed by atoms with Crippen LogP contribution in [0, 0.1) is 5.41 Å². The van der Waals surface area contributed by atoms with Gasteiger partial charge in [0.1, 0.15) is 0 Å². The smallest absolute Gasteiger partial charge is 0.0876 e. The second kappa shape index (κ2) is 5.22. The topological polar surface area (TPSA) is 21.3 Å². The molecule has 1 atom stereocenters. The van der Waals surface area contributed by atoms with Crippen LogP contribution in [0.5, 0.6) is 0 Å². The zero-order valence-electron chi connectivity index (χ0n) is 10.7. The molecule has 0 amide bonds. The van der Waals surface area contributed by atoms with E-state index in [0.717, 1.165) is 13.2 Å². The largest absolute Gasteiger partial charge is 0.501 e. The summed E-state index contributed by atoms with van der Waals surface area (Å²) in [6.07, 6.45) is 9.94. The predicted octanol–water partition coefficient (Wildman–Crippen LogP) is 3.24. The van der Waals surface area contributed by atoms with Crippen LogP contribution in [0.1, 0.15) is 52.4 Å². The summed E-state index contributed by atoms with van der Waals surface area (Å²) in [5, 5.41) is 3.69. The van der Waals surface area contributed by atoms with E-state index in [9.17, 15) is 0 Å². The zero-order chi connectivity index (χ0) is 11.4. The van der Waals surface area contributed by atoms with Gasteiger partial charge in [0.2, 0.25) is 0 Å². The second-order valence-electron chi connectivity index (χ2n) is 5.52. The Morgan fingerprint density at radius 1 is 1.38 bits per heavy atom. The monoisotopic (exact) mass is 223 g/mol. The first kappa shape index (κ1) is 12.0. The summed E-state index contributed by atoms with van der Waals surface area (Å²) in [4.78, 5) is 0. The van der Waals surface area contributed by atoms with Crippen LogP contribution in [0.2, 0.25) is 0 Å². The maximum atomic E-state index is 5.51. The summed E-state index contributed by atoms with van der Waals surface area (Å²) in [5.74, 6) is 0. The molecule has 1 saturated carbocycles. The molecule has 2 aliphatic rings. The molecule has 1 N–H and O–H groups in total. The molecule has 0 bridgehead atoms.